The number of hydrogen-bond acceptors (Lipinski definition) is 7. The molecule has 3 aromatic carbocycles. The van der Waals surface area contributed by atoms with Crippen molar-refractivity contribution >= 4 is 34.0 Å². The van der Waals surface area contributed by atoms with Crippen LogP contribution >= 0.6 is 0 Å². The Morgan fingerprint density at radius 2 is 1.42 bits per heavy atom. The molecule has 2 fully saturated rings. The van der Waals surface area contributed by atoms with Gasteiger partial charge in [-0.25, -0.2) is 0 Å². The molecule has 2 aliphatic heterocycles. The van der Waals surface area contributed by atoms with Crippen molar-refractivity contribution in [1.82, 2.24) is 14.7 Å². The van der Waals surface area contributed by atoms with Gasteiger partial charge in [0, 0.05) is 100 Å². The minimum absolute atomic E-state index is 0.113. The Bertz CT molecular complexity index is 1700. The lowest BCUT2D eigenvalue weighted by atomic mass is 10.1. The monoisotopic (exact) mass is 661 g/mol. The van der Waals surface area contributed by atoms with Gasteiger partial charge in [-0.3, -0.25) is 19.4 Å². The number of halogens is 3. The minimum atomic E-state index is -4.33. The van der Waals surface area contributed by atoms with Crippen molar-refractivity contribution in [2.24, 2.45) is 0 Å². The highest BCUT2D eigenvalue weighted by Gasteiger charge is 2.30. The maximum atomic E-state index is 13.3. The Morgan fingerprint density at radius 1 is 0.771 bits per heavy atom. The Labute approximate surface area is 279 Å². The van der Waals surface area contributed by atoms with Gasteiger partial charge in [0.05, 0.1) is 12.1 Å². The number of ketones is 1. The van der Waals surface area contributed by atoms with E-state index in [4.69, 9.17) is 4.42 Å². The molecule has 0 radical (unpaired) electrons. The van der Waals surface area contributed by atoms with Crippen molar-refractivity contribution in [1.29, 1.82) is 0 Å². The molecule has 0 N–H and O–H groups in total. The SMILES string of the molecule is CCN(CC)c1ccc2cc(C(=O)c3ccc(N4CCN(C(=O)CN5CCN(Cc6ccc(C(F)(F)F)cc6)CC5)CC4)cc3)oc2c1. The molecule has 0 aliphatic carbocycles. The van der Waals surface area contributed by atoms with Crippen LogP contribution in [0.5, 0.6) is 0 Å². The Morgan fingerprint density at radius 3 is 2.04 bits per heavy atom. The second kappa shape index (κ2) is 14.4. The van der Waals surface area contributed by atoms with Gasteiger partial charge in [-0.05, 0) is 74.0 Å². The van der Waals surface area contributed by atoms with E-state index in [0.29, 0.717) is 56.2 Å². The number of alkyl halides is 3. The van der Waals surface area contributed by atoms with Crippen LogP contribution in [0.3, 0.4) is 0 Å². The van der Waals surface area contributed by atoms with Gasteiger partial charge in [0.15, 0.2) is 5.76 Å². The molecule has 1 amide bonds. The molecule has 3 heterocycles. The van der Waals surface area contributed by atoms with E-state index < -0.39 is 11.7 Å². The van der Waals surface area contributed by atoms with Gasteiger partial charge in [-0.1, -0.05) is 12.1 Å². The number of carbonyl (C=O) groups excluding carboxylic acids is 2. The number of hydrogen-bond donors (Lipinski definition) is 0. The van der Waals surface area contributed by atoms with Crippen molar-refractivity contribution in [2.75, 3.05) is 81.8 Å². The van der Waals surface area contributed by atoms with Crippen molar-refractivity contribution in [3.05, 3.63) is 95.2 Å². The van der Waals surface area contributed by atoms with Crippen LogP contribution in [0.4, 0.5) is 24.5 Å². The molecule has 0 spiro atoms. The average molecular weight is 662 g/mol. The predicted octanol–water partition coefficient (Wildman–Crippen LogP) is 6.00. The summed E-state index contributed by atoms with van der Waals surface area (Å²) >= 11 is 0. The van der Waals surface area contributed by atoms with Crippen LogP contribution in [0.25, 0.3) is 11.0 Å². The molecule has 2 saturated heterocycles. The molecule has 0 atom stereocenters. The van der Waals surface area contributed by atoms with E-state index in [9.17, 15) is 22.8 Å². The second-order valence-electron chi connectivity index (χ2n) is 12.5. The van der Waals surface area contributed by atoms with E-state index in [-0.39, 0.29) is 11.7 Å². The van der Waals surface area contributed by atoms with Crippen LogP contribution in [-0.2, 0) is 17.5 Å². The van der Waals surface area contributed by atoms with E-state index in [1.165, 1.54) is 12.1 Å². The zero-order valence-corrected chi connectivity index (χ0v) is 27.5. The summed E-state index contributed by atoms with van der Waals surface area (Å²) in [5.41, 5.74) is 3.56. The van der Waals surface area contributed by atoms with E-state index in [1.54, 1.807) is 6.07 Å². The van der Waals surface area contributed by atoms with Gasteiger partial charge in [0.25, 0.3) is 0 Å². The van der Waals surface area contributed by atoms with E-state index in [1.807, 2.05) is 41.3 Å². The van der Waals surface area contributed by atoms with E-state index in [0.717, 1.165) is 73.7 Å². The van der Waals surface area contributed by atoms with Gasteiger partial charge in [0.1, 0.15) is 5.58 Å². The normalized spacial score (nSPS) is 16.4. The highest BCUT2D eigenvalue weighted by molar-refractivity contribution is 6.09. The fourth-order valence-electron chi connectivity index (χ4n) is 6.55. The number of benzene rings is 3. The maximum Gasteiger partial charge on any atom is 0.416 e. The smallest absolute Gasteiger partial charge is 0.416 e. The minimum Gasteiger partial charge on any atom is -0.452 e. The number of rotatable bonds is 10. The summed E-state index contributed by atoms with van der Waals surface area (Å²) in [5.74, 6) is 0.280. The summed E-state index contributed by atoms with van der Waals surface area (Å²) in [7, 11) is 0. The molecule has 2 aliphatic rings. The van der Waals surface area contributed by atoms with Gasteiger partial charge < -0.3 is 19.1 Å². The molecule has 0 bridgehead atoms. The number of fused-ring (bicyclic) bond motifs is 1. The summed E-state index contributed by atoms with van der Waals surface area (Å²) in [6.07, 6.45) is -4.33. The van der Waals surface area contributed by atoms with Gasteiger partial charge >= 0.3 is 6.18 Å². The third kappa shape index (κ3) is 7.68. The predicted molar refractivity (Wildman–Crippen MR) is 182 cm³/mol. The van der Waals surface area contributed by atoms with Crippen LogP contribution in [-0.4, -0.2) is 98.4 Å². The topological polar surface area (TPSA) is 63.5 Å². The lowest BCUT2D eigenvalue weighted by molar-refractivity contribution is -0.137. The first-order valence-corrected chi connectivity index (χ1v) is 16.7. The van der Waals surface area contributed by atoms with Crippen LogP contribution < -0.4 is 9.80 Å². The van der Waals surface area contributed by atoms with E-state index in [2.05, 4.69) is 39.5 Å². The fraction of sp³-hybridized carbons (Fsp3) is 0.405. The van der Waals surface area contributed by atoms with Crippen LogP contribution in [0.15, 0.2) is 77.2 Å². The molecular formula is C37H42F3N5O3. The van der Waals surface area contributed by atoms with E-state index >= 15 is 0 Å². The van der Waals surface area contributed by atoms with Crippen molar-refractivity contribution in [3.63, 3.8) is 0 Å². The molecule has 6 rings (SSSR count). The molecule has 4 aromatic rings. The molecule has 0 saturated carbocycles. The first-order chi connectivity index (χ1) is 23.1. The summed E-state index contributed by atoms with van der Waals surface area (Å²) in [4.78, 5) is 37.1. The Hall–Kier alpha value is -4.35. The largest absolute Gasteiger partial charge is 0.452 e. The van der Waals surface area contributed by atoms with Crippen molar-refractivity contribution in [2.45, 2.75) is 26.6 Å². The number of anilines is 2. The first kappa shape index (κ1) is 33.5. The summed E-state index contributed by atoms with van der Waals surface area (Å²) in [5, 5.41) is 0.900. The maximum absolute atomic E-state index is 13.3. The second-order valence-corrected chi connectivity index (χ2v) is 12.5. The van der Waals surface area contributed by atoms with Crippen LogP contribution in [0, 0.1) is 0 Å². The molecule has 48 heavy (non-hydrogen) atoms. The zero-order chi connectivity index (χ0) is 33.8. The molecule has 254 valence electrons. The van der Waals surface area contributed by atoms with Crippen molar-refractivity contribution in [3.8, 4) is 0 Å². The third-order valence-electron chi connectivity index (χ3n) is 9.49. The fourth-order valence-corrected chi connectivity index (χ4v) is 6.55. The lowest BCUT2D eigenvalue weighted by Crippen LogP contribution is -2.53. The van der Waals surface area contributed by atoms with Gasteiger partial charge in [-0.15, -0.1) is 0 Å². The Kier molecular flexibility index (Phi) is 10.1. The first-order valence-electron chi connectivity index (χ1n) is 16.7. The number of carbonyl (C=O) groups is 2. The summed E-state index contributed by atoms with van der Waals surface area (Å²) in [6.45, 7) is 12.6. The number of nitrogens with zero attached hydrogens (tertiary/aromatic N) is 5. The number of piperazine rings is 2. The molecule has 1 aromatic heterocycles. The third-order valence-corrected chi connectivity index (χ3v) is 9.49. The Balaban J connectivity index is 0.954. The molecule has 8 nitrogen and oxygen atoms in total. The summed E-state index contributed by atoms with van der Waals surface area (Å²) < 4.78 is 44.5. The quantitative estimate of drug-likeness (QED) is 0.194. The van der Waals surface area contributed by atoms with Crippen molar-refractivity contribution < 1.29 is 27.2 Å². The standard InChI is InChI=1S/C37H42F3N5O3/c1-3-43(4-2)32-14-9-29-23-34(48-33(29)24-32)36(47)28-7-12-31(13-8-28)44-19-21-45(22-20-44)35(46)26-42-17-15-41(16-18-42)25-27-5-10-30(11-6-27)37(38,39)40/h5-14,23-24H,3-4,15-22,25-26H2,1-2H3. The van der Waals surface area contributed by atoms with Crippen LogP contribution in [0.1, 0.15) is 41.1 Å². The molecule has 0 unspecified atom stereocenters. The van der Waals surface area contributed by atoms with Gasteiger partial charge in [-0.2, -0.15) is 13.2 Å². The highest BCUT2D eigenvalue weighted by Crippen LogP contribution is 2.30. The van der Waals surface area contributed by atoms with Gasteiger partial charge in [0.2, 0.25) is 11.7 Å². The molecular weight excluding hydrogens is 619 g/mol. The zero-order valence-electron chi connectivity index (χ0n) is 27.5. The highest BCUT2D eigenvalue weighted by atomic mass is 19.4. The average Bonchev–Trinajstić information content (AvgIpc) is 3.53. The molecule has 11 heteroatoms. The summed E-state index contributed by atoms with van der Waals surface area (Å²) in [6, 6.07) is 20.8. The lowest BCUT2D eigenvalue weighted by Gasteiger charge is -2.38. The number of amides is 1. The van der Waals surface area contributed by atoms with Crippen LogP contribution in [0.2, 0.25) is 0 Å². The number of furan rings is 1.